The maximum absolute atomic E-state index is 12.7. The molecule has 3 rings (SSSR count). The number of nitrogens with zero attached hydrogens (tertiary/aromatic N) is 1. The third-order valence-corrected chi connectivity index (χ3v) is 6.95. The summed E-state index contributed by atoms with van der Waals surface area (Å²) in [5.74, 6) is 0.822. The van der Waals surface area contributed by atoms with Gasteiger partial charge in [-0.05, 0) is 67.4 Å². The van der Waals surface area contributed by atoms with Crippen LogP contribution in [0.25, 0.3) is 0 Å². The van der Waals surface area contributed by atoms with Crippen molar-refractivity contribution < 1.29 is 17.6 Å². The van der Waals surface area contributed by atoms with E-state index in [1.165, 1.54) is 28.6 Å². The van der Waals surface area contributed by atoms with E-state index in [1.54, 1.807) is 18.4 Å². The Bertz CT molecular complexity index is 935. The molecule has 1 aliphatic rings. The summed E-state index contributed by atoms with van der Waals surface area (Å²) in [6.45, 7) is 3.57. The Hall–Kier alpha value is -2.43. The average Bonchev–Trinajstić information content (AvgIpc) is 3.24. The Labute approximate surface area is 175 Å². The molecular formula is C19H24N4O4S2. The highest BCUT2D eigenvalue weighted by Crippen LogP contribution is 2.23. The van der Waals surface area contributed by atoms with Gasteiger partial charge in [-0.3, -0.25) is 15.6 Å². The largest absolute Gasteiger partial charge is 0.467 e. The topological polar surface area (TPSA) is 104 Å². The normalized spacial score (nSPS) is 15.6. The van der Waals surface area contributed by atoms with Crippen molar-refractivity contribution in [1.82, 2.24) is 20.5 Å². The summed E-state index contributed by atoms with van der Waals surface area (Å²) in [5, 5.41) is 3.12. The van der Waals surface area contributed by atoms with E-state index in [9.17, 15) is 13.2 Å². The molecule has 0 unspecified atom stereocenters. The van der Waals surface area contributed by atoms with Crippen molar-refractivity contribution >= 4 is 33.3 Å². The summed E-state index contributed by atoms with van der Waals surface area (Å²) in [6.07, 6.45) is 3.28. The number of furan rings is 1. The second kappa shape index (κ2) is 9.38. The highest BCUT2D eigenvalue weighted by Gasteiger charge is 2.28. The van der Waals surface area contributed by atoms with E-state index in [1.807, 2.05) is 0 Å². The molecular weight excluding hydrogens is 412 g/mol. The van der Waals surface area contributed by atoms with Crippen LogP contribution < -0.4 is 16.2 Å². The van der Waals surface area contributed by atoms with Crippen LogP contribution in [0.1, 0.15) is 35.9 Å². The molecule has 0 saturated carbocycles. The third-order valence-electron chi connectivity index (χ3n) is 4.79. The molecule has 1 aromatic heterocycles. The molecule has 10 heteroatoms. The van der Waals surface area contributed by atoms with Gasteiger partial charge in [0.1, 0.15) is 5.76 Å². The van der Waals surface area contributed by atoms with Crippen molar-refractivity contribution in [2.45, 2.75) is 31.2 Å². The average molecular weight is 437 g/mol. The van der Waals surface area contributed by atoms with Gasteiger partial charge in [-0.25, -0.2) is 8.42 Å². The molecule has 2 heterocycles. The Balaban J connectivity index is 1.52. The second-order valence-corrected chi connectivity index (χ2v) is 9.30. The molecule has 3 N–H and O–H groups in total. The smallest absolute Gasteiger partial charge is 0.269 e. The fraction of sp³-hybridized carbons (Fsp3) is 0.368. The van der Waals surface area contributed by atoms with Crippen LogP contribution in [-0.4, -0.2) is 36.8 Å². The zero-order chi connectivity index (χ0) is 20.9. The monoisotopic (exact) mass is 436 g/mol. The van der Waals surface area contributed by atoms with Gasteiger partial charge in [-0.2, -0.15) is 4.31 Å². The van der Waals surface area contributed by atoms with E-state index in [0.717, 1.165) is 12.8 Å². The molecule has 0 spiro atoms. The minimum atomic E-state index is -3.54. The number of amides is 1. The number of thiocarbonyl (C=S) groups is 1. The zero-order valence-corrected chi connectivity index (χ0v) is 17.7. The Morgan fingerprint density at radius 2 is 1.86 bits per heavy atom. The maximum atomic E-state index is 12.7. The number of piperidine rings is 1. The lowest BCUT2D eigenvalue weighted by Crippen LogP contribution is -2.46. The van der Waals surface area contributed by atoms with E-state index in [2.05, 4.69) is 23.1 Å². The summed E-state index contributed by atoms with van der Waals surface area (Å²) in [6, 6.07) is 9.44. The van der Waals surface area contributed by atoms with Gasteiger partial charge in [0.15, 0.2) is 5.11 Å². The van der Waals surface area contributed by atoms with E-state index in [-0.39, 0.29) is 10.0 Å². The molecule has 156 valence electrons. The van der Waals surface area contributed by atoms with Crippen LogP contribution >= 0.6 is 12.2 Å². The Morgan fingerprint density at radius 3 is 2.48 bits per heavy atom. The van der Waals surface area contributed by atoms with Crippen LogP contribution in [0.4, 0.5) is 0 Å². The van der Waals surface area contributed by atoms with Gasteiger partial charge in [-0.15, -0.1) is 0 Å². The minimum absolute atomic E-state index is 0.187. The number of carbonyl (C=O) groups is 1. The molecule has 1 aliphatic heterocycles. The lowest BCUT2D eigenvalue weighted by molar-refractivity contribution is 0.0943. The molecule has 0 bridgehead atoms. The highest BCUT2D eigenvalue weighted by molar-refractivity contribution is 7.89. The number of sulfonamides is 1. The van der Waals surface area contributed by atoms with Gasteiger partial charge < -0.3 is 9.73 Å². The van der Waals surface area contributed by atoms with Crippen LogP contribution in [0, 0.1) is 5.92 Å². The molecule has 1 saturated heterocycles. The van der Waals surface area contributed by atoms with Crippen LogP contribution in [0.15, 0.2) is 52.0 Å². The number of rotatable bonds is 5. The standard InChI is InChI=1S/C19H24N4O4S2/c1-14-8-10-23(11-9-14)29(25,26)17-6-4-15(5-7-17)18(24)21-22-19(28)20-13-16-3-2-12-27-16/h2-7,12,14H,8-11,13H2,1H3,(H,21,24)(H2,20,22,28). The van der Waals surface area contributed by atoms with Crippen molar-refractivity contribution in [1.29, 1.82) is 0 Å². The fourth-order valence-electron chi connectivity index (χ4n) is 2.96. The molecule has 0 aliphatic carbocycles. The lowest BCUT2D eigenvalue weighted by Gasteiger charge is -2.29. The number of hydrogen-bond acceptors (Lipinski definition) is 5. The SMILES string of the molecule is CC1CCN(S(=O)(=O)c2ccc(C(=O)NNC(=S)NCc3ccco3)cc2)CC1. The van der Waals surface area contributed by atoms with Gasteiger partial charge in [0.05, 0.1) is 17.7 Å². The second-order valence-electron chi connectivity index (χ2n) is 6.95. The quantitative estimate of drug-likeness (QED) is 0.487. The number of hydrogen-bond donors (Lipinski definition) is 3. The Morgan fingerprint density at radius 1 is 1.17 bits per heavy atom. The molecule has 0 radical (unpaired) electrons. The van der Waals surface area contributed by atoms with Crippen LogP contribution in [0.5, 0.6) is 0 Å². The van der Waals surface area contributed by atoms with Crippen molar-refractivity contribution in [3.05, 3.63) is 54.0 Å². The van der Waals surface area contributed by atoms with Gasteiger partial charge in [0, 0.05) is 18.7 Å². The van der Waals surface area contributed by atoms with Crippen molar-refractivity contribution in [3.8, 4) is 0 Å². The molecule has 29 heavy (non-hydrogen) atoms. The van der Waals surface area contributed by atoms with E-state index in [0.29, 0.717) is 36.9 Å². The predicted molar refractivity (Wildman–Crippen MR) is 112 cm³/mol. The molecule has 0 atom stereocenters. The first-order valence-corrected chi connectivity index (χ1v) is 11.2. The number of carbonyl (C=O) groups excluding carboxylic acids is 1. The predicted octanol–water partition coefficient (Wildman–Crippen LogP) is 2.01. The first-order chi connectivity index (χ1) is 13.9. The molecule has 2 aromatic rings. The van der Waals surface area contributed by atoms with Gasteiger partial charge in [-0.1, -0.05) is 6.92 Å². The molecule has 1 fully saturated rings. The summed E-state index contributed by atoms with van der Waals surface area (Å²) < 4.78 is 32.2. The summed E-state index contributed by atoms with van der Waals surface area (Å²) in [5.41, 5.74) is 5.39. The van der Waals surface area contributed by atoms with E-state index < -0.39 is 15.9 Å². The lowest BCUT2D eigenvalue weighted by atomic mass is 10.0. The fourth-order valence-corrected chi connectivity index (χ4v) is 4.56. The minimum Gasteiger partial charge on any atom is -0.467 e. The van der Waals surface area contributed by atoms with Crippen LogP contribution in [0.2, 0.25) is 0 Å². The van der Waals surface area contributed by atoms with Crippen molar-refractivity contribution in [2.75, 3.05) is 13.1 Å². The first kappa shape index (κ1) is 21.3. The zero-order valence-electron chi connectivity index (χ0n) is 16.1. The maximum Gasteiger partial charge on any atom is 0.269 e. The molecule has 1 amide bonds. The van der Waals surface area contributed by atoms with Crippen molar-refractivity contribution in [3.63, 3.8) is 0 Å². The number of hydrazine groups is 1. The van der Waals surface area contributed by atoms with Gasteiger partial charge >= 0.3 is 0 Å². The third kappa shape index (κ3) is 5.55. The summed E-state index contributed by atoms with van der Waals surface area (Å²) in [7, 11) is -3.54. The summed E-state index contributed by atoms with van der Waals surface area (Å²) >= 11 is 5.08. The van der Waals surface area contributed by atoms with Crippen LogP contribution in [-0.2, 0) is 16.6 Å². The summed E-state index contributed by atoms with van der Waals surface area (Å²) in [4.78, 5) is 12.4. The molecule has 8 nitrogen and oxygen atoms in total. The highest BCUT2D eigenvalue weighted by atomic mass is 32.2. The van der Waals surface area contributed by atoms with E-state index >= 15 is 0 Å². The molecule has 1 aromatic carbocycles. The van der Waals surface area contributed by atoms with Crippen molar-refractivity contribution in [2.24, 2.45) is 5.92 Å². The number of nitrogens with one attached hydrogen (secondary N) is 3. The van der Waals surface area contributed by atoms with E-state index in [4.69, 9.17) is 16.6 Å². The Kier molecular flexibility index (Phi) is 6.88. The number of benzene rings is 1. The van der Waals surface area contributed by atoms with Gasteiger partial charge in [0.2, 0.25) is 10.0 Å². The van der Waals surface area contributed by atoms with Gasteiger partial charge in [0.25, 0.3) is 5.91 Å². The van der Waals surface area contributed by atoms with Crippen LogP contribution in [0.3, 0.4) is 0 Å². The first-order valence-electron chi connectivity index (χ1n) is 9.33.